The van der Waals surface area contributed by atoms with Gasteiger partial charge in [0.1, 0.15) is 12.7 Å². The molecule has 0 saturated heterocycles. The van der Waals surface area contributed by atoms with Gasteiger partial charge in [0.25, 0.3) is 0 Å². The van der Waals surface area contributed by atoms with Gasteiger partial charge in [0, 0.05) is 0 Å². The summed E-state index contributed by atoms with van der Waals surface area (Å²) in [5.74, 6) is 0. The van der Waals surface area contributed by atoms with Crippen LogP contribution in [-0.2, 0) is 6.54 Å². The molecule has 0 N–H and O–H groups in total. The Kier molecular flexibility index (Phi) is 4.46. The van der Waals surface area contributed by atoms with Crippen LogP contribution in [-0.4, -0.2) is 14.8 Å². The highest BCUT2D eigenvalue weighted by Crippen LogP contribution is 2.17. The van der Waals surface area contributed by atoms with E-state index in [1.807, 2.05) is 36.4 Å². The van der Waals surface area contributed by atoms with Gasteiger partial charge in [0.05, 0.1) is 29.8 Å². The summed E-state index contributed by atoms with van der Waals surface area (Å²) < 4.78 is 1.72. The maximum atomic E-state index is 9.11. The van der Waals surface area contributed by atoms with Crippen molar-refractivity contribution in [3.05, 3.63) is 82.9 Å². The lowest BCUT2D eigenvalue weighted by molar-refractivity contribution is 0.684. The molecule has 114 valence electrons. The third-order valence-corrected chi connectivity index (χ3v) is 3.57. The van der Waals surface area contributed by atoms with Gasteiger partial charge in [-0.25, -0.2) is 9.67 Å². The zero-order chi connectivity index (χ0) is 16.8. The summed E-state index contributed by atoms with van der Waals surface area (Å²) in [5.41, 5.74) is 4.25. The number of hydrogen-bond acceptors (Lipinski definition) is 4. The zero-order valence-electron chi connectivity index (χ0n) is 12.8. The van der Waals surface area contributed by atoms with Gasteiger partial charge in [0.15, 0.2) is 0 Å². The number of nitriles is 2. The van der Waals surface area contributed by atoms with Gasteiger partial charge in [-0.2, -0.15) is 15.6 Å². The van der Waals surface area contributed by atoms with Crippen LogP contribution in [0, 0.1) is 22.7 Å². The van der Waals surface area contributed by atoms with Gasteiger partial charge in [-0.05, 0) is 41.0 Å². The van der Waals surface area contributed by atoms with E-state index in [9.17, 15) is 0 Å². The third kappa shape index (κ3) is 3.55. The van der Waals surface area contributed by atoms with E-state index in [4.69, 9.17) is 10.5 Å². The van der Waals surface area contributed by atoms with Gasteiger partial charge in [-0.15, -0.1) is 0 Å². The molecule has 0 aliphatic carbocycles. The Morgan fingerprint density at radius 2 is 1.71 bits per heavy atom. The average molecular weight is 311 g/mol. The first-order valence-electron chi connectivity index (χ1n) is 7.32. The Morgan fingerprint density at radius 3 is 2.38 bits per heavy atom. The summed E-state index contributed by atoms with van der Waals surface area (Å²) in [4.78, 5) is 3.94. The molecule has 0 fully saturated rings. The van der Waals surface area contributed by atoms with Crippen LogP contribution in [0.1, 0.15) is 27.8 Å². The van der Waals surface area contributed by atoms with Crippen LogP contribution in [0.15, 0.2) is 55.1 Å². The lowest BCUT2D eigenvalue weighted by Crippen LogP contribution is -2.02. The molecule has 1 heterocycles. The summed E-state index contributed by atoms with van der Waals surface area (Å²) in [6, 6.07) is 17.2. The fraction of sp³-hybridized carbons (Fsp3) is 0.0526. The Labute approximate surface area is 139 Å². The van der Waals surface area contributed by atoms with Gasteiger partial charge >= 0.3 is 0 Å². The summed E-state index contributed by atoms with van der Waals surface area (Å²) in [7, 11) is 0. The minimum atomic E-state index is 0.544. The molecule has 0 saturated carbocycles. The highest BCUT2D eigenvalue weighted by molar-refractivity contribution is 5.71. The van der Waals surface area contributed by atoms with E-state index in [0.29, 0.717) is 17.7 Å². The van der Waals surface area contributed by atoms with Crippen LogP contribution < -0.4 is 0 Å². The number of hydrogen-bond donors (Lipinski definition) is 0. The number of benzene rings is 2. The number of aromatic nitrogens is 3. The van der Waals surface area contributed by atoms with Gasteiger partial charge in [0.2, 0.25) is 0 Å². The molecule has 3 aromatic rings. The smallest absolute Gasteiger partial charge is 0.137 e. The van der Waals surface area contributed by atoms with Gasteiger partial charge in [-0.1, -0.05) is 30.4 Å². The molecule has 5 nitrogen and oxygen atoms in total. The van der Waals surface area contributed by atoms with Crippen LogP contribution in [0.4, 0.5) is 0 Å². The van der Waals surface area contributed by atoms with E-state index in [1.54, 1.807) is 29.2 Å². The van der Waals surface area contributed by atoms with Crippen molar-refractivity contribution < 1.29 is 0 Å². The summed E-state index contributed by atoms with van der Waals surface area (Å²) in [6.45, 7) is 0.544. The van der Waals surface area contributed by atoms with Crippen LogP contribution in [0.2, 0.25) is 0 Å². The number of nitrogens with zero attached hydrogens (tertiary/aromatic N) is 5. The molecule has 2 aromatic carbocycles. The molecule has 0 bridgehead atoms. The normalized spacial score (nSPS) is 10.4. The summed E-state index contributed by atoms with van der Waals surface area (Å²) >= 11 is 0. The van der Waals surface area contributed by atoms with Crippen molar-refractivity contribution in [3.8, 4) is 12.1 Å². The lowest BCUT2D eigenvalue weighted by Gasteiger charge is -2.07. The molecule has 0 aliphatic rings. The zero-order valence-corrected chi connectivity index (χ0v) is 12.8. The van der Waals surface area contributed by atoms with Crippen molar-refractivity contribution in [1.29, 1.82) is 10.5 Å². The van der Waals surface area contributed by atoms with Gasteiger partial charge < -0.3 is 0 Å². The van der Waals surface area contributed by atoms with Crippen molar-refractivity contribution in [3.63, 3.8) is 0 Å². The largest absolute Gasteiger partial charge is 0.249 e. The number of rotatable bonds is 4. The molecular formula is C19H13N5. The molecule has 0 aliphatic heterocycles. The van der Waals surface area contributed by atoms with Gasteiger partial charge in [-0.3, -0.25) is 0 Å². The fourth-order valence-electron chi connectivity index (χ4n) is 2.32. The van der Waals surface area contributed by atoms with E-state index in [0.717, 1.165) is 16.7 Å². The second-order valence-electron chi connectivity index (χ2n) is 5.19. The Hall–Kier alpha value is -3.70. The van der Waals surface area contributed by atoms with Crippen LogP contribution in [0.25, 0.3) is 12.2 Å². The fourth-order valence-corrected chi connectivity index (χ4v) is 2.32. The molecule has 3 rings (SSSR count). The standard InChI is InChI=1S/C19H13N5/c20-10-16-3-1-15(2-4-16)5-7-18-8-6-17(11-21)9-19(18)12-24-14-22-13-23-24/h1-9,13-14H,12H2/b7-5+. The van der Waals surface area contributed by atoms with E-state index in [2.05, 4.69) is 22.2 Å². The maximum Gasteiger partial charge on any atom is 0.137 e. The van der Waals surface area contributed by atoms with E-state index in [-0.39, 0.29) is 0 Å². The summed E-state index contributed by atoms with van der Waals surface area (Å²) in [6.07, 6.45) is 7.11. The Morgan fingerprint density at radius 1 is 0.958 bits per heavy atom. The molecule has 0 amide bonds. The molecule has 0 atom stereocenters. The second kappa shape index (κ2) is 7.04. The average Bonchev–Trinajstić information content (AvgIpc) is 3.14. The molecule has 24 heavy (non-hydrogen) atoms. The first kappa shape index (κ1) is 15.2. The monoisotopic (exact) mass is 311 g/mol. The van der Waals surface area contributed by atoms with E-state index in [1.165, 1.54) is 6.33 Å². The topological polar surface area (TPSA) is 78.3 Å². The Bertz CT molecular complexity index is 939. The summed E-state index contributed by atoms with van der Waals surface area (Å²) in [5, 5.41) is 22.1. The van der Waals surface area contributed by atoms with E-state index >= 15 is 0 Å². The Balaban J connectivity index is 1.90. The van der Waals surface area contributed by atoms with Crippen molar-refractivity contribution in [1.82, 2.24) is 14.8 Å². The SMILES string of the molecule is N#Cc1ccc(/C=C/c2ccc(C#N)cc2Cn2cncn2)cc1. The minimum Gasteiger partial charge on any atom is -0.249 e. The second-order valence-corrected chi connectivity index (χ2v) is 5.19. The molecule has 0 unspecified atom stereocenters. The molecule has 5 heteroatoms. The predicted octanol–water partition coefficient (Wildman–Crippen LogP) is 3.24. The molecule has 0 spiro atoms. The first-order chi connectivity index (χ1) is 11.8. The van der Waals surface area contributed by atoms with Crippen molar-refractivity contribution in [2.75, 3.05) is 0 Å². The van der Waals surface area contributed by atoms with Crippen LogP contribution >= 0.6 is 0 Å². The third-order valence-electron chi connectivity index (χ3n) is 3.57. The van der Waals surface area contributed by atoms with Crippen molar-refractivity contribution in [2.24, 2.45) is 0 Å². The predicted molar refractivity (Wildman–Crippen MR) is 90.4 cm³/mol. The van der Waals surface area contributed by atoms with Crippen LogP contribution in [0.3, 0.4) is 0 Å². The van der Waals surface area contributed by atoms with Crippen molar-refractivity contribution >= 4 is 12.2 Å². The van der Waals surface area contributed by atoms with Crippen LogP contribution in [0.5, 0.6) is 0 Å². The molecule has 1 aromatic heterocycles. The van der Waals surface area contributed by atoms with Crippen molar-refractivity contribution in [2.45, 2.75) is 6.54 Å². The first-order valence-corrected chi connectivity index (χ1v) is 7.32. The molecular weight excluding hydrogens is 298 g/mol. The minimum absolute atomic E-state index is 0.544. The van der Waals surface area contributed by atoms with E-state index < -0.39 is 0 Å². The molecule has 0 radical (unpaired) electrons. The highest BCUT2D eigenvalue weighted by atomic mass is 15.3. The maximum absolute atomic E-state index is 9.11. The highest BCUT2D eigenvalue weighted by Gasteiger charge is 2.04. The quantitative estimate of drug-likeness (QED) is 0.693. The lowest BCUT2D eigenvalue weighted by atomic mass is 10.0.